The number of benzene rings is 2. The van der Waals surface area contributed by atoms with Crippen LogP contribution in [0.5, 0.6) is 11.5 Å². The first kappa shape index (κ1) is 21.7. The molecule has 2 N–H and O–H groups in total. The molecule has 0 saturated heterocycles. The summed E-state index contributed by atoms with van der Waals surface area (Å²) in [5.74, 6) is -1.11. The first-order chi connectivity index (χ1) is 14.9. The summed E-state index contributed by atoms with van der Waals surface area (Å²) in [6, 6.07) is 8.47. The molecular formula is C20H19F2N5O4. The standard InChI is InChI=1S/C20H19F2N5O4/c1-30-16-6-3-12(9-17(16)31-2)7-8-23-19-18(27(28)29)20(25-11-24-19)26-13-4-5-14(21)15(22)10-13/h3-6,9-11H,7-8H2,1-2H3,(H2,23,24,25,26). The minimum absolute atomic E-state index is 0.00874. The molecule has 0 fully saturated rings. The van der Waals surface area contributed by atoms with E-state index in [0.717, 1.165) is 24.0 Å². The molecule has 2 aromatic carbocycles. The van der Waals surface area contributed by atoms with Gasteiger partial charge in [-0.2, -0.15) is 0 Å². The van der Waals surface area contributed by atoms with Gasteiger partial charge in [-0.15, -0.1) is 0 Å². The van der Waals surface area contributed by atoms with Gasteiger partial charge in [-0.05, 0) is 36.2 Å². The third kappa shape index (κ3) is 5.13. The Kier molecular flexibility index (Phi) is 6.75. The van der Waals surface area contributed by atoms with Crippen LogP contribution in [0.1, 0.15) is 5.56 Å². The highest BCUT2D eigenvalue weighted by atomic mass is 19.2. The van der Waals surface area contributed by atoms with E-state index in [4.69, 9.17) is 9.47 Å². The van der Waals surface area contributed by atoms with Gasteiger partial charge in [0.2, 0.25) is 11.6 Å². The van der Waals surface area contributed by atoms with Crippen molar-refractivity contribution in [1.82, 2.24) is 9.97 Å². The Morgan fingerprint density at radius 2 is 1.74 bits per heavy atom. The number of nitrogens with zero attached hydrogens (tertiary/aromatic N) is 3. The molecule has 0 amide bonds. The Balaban J connectivity index is 1.76. The van der Waals surface area contributed by atoms with Gasteiger partial charge in [-0.1, -0.05) is 6.07 Å². The lowest BCUT2D eigenvalue weighted by Crippen LogP contribution is -2.11. The summed E-state index contributed by atoms with van der Waals surface area (Å²) in [4.78, 5) is 18.8. The lowest BCUT2D eigenvalue weighted by atomic mass is 10.1. The fourth-order valence-corrected chi connectivity index (χ4v) is 2.84. The van der Waals surface area contributed by atoms with Crippen molar-refractivity contribution in [3.63, 3.8) is 0 Å². The van der Waals surface area contributed by atoms with E-state index in [-0.39, 0.29) is 17.3 Å². The summed E-state index contributed by atoms with van der Waals surface area (Å²) in [6.45, 7) is 0.331. The maximum atomic E-state index is 13.4. The molecule has 3 rings (SSSR count). The summed E-state index contributed by atoms with van der Waals surface area (Å²) >= 11 is 0. The minimum Gasteiger partial charge on any atom is -0.493 e. The summed E-state index contributed by atoms with van der Waals surface area (Å²) in [5.41, 5.74) is 0.610. The van der Waals surface area contributed by atoms with Crippen LogP contribution in [0.25, 0.3) is 0 Å². The zero-order valence-electron chi connectivity index (χ0n) is 16.7. The lowest BCUT2D eigenvalue weighted by Gasteiger charge is -2.11. The number of aromatic nitrogens is 2. The third-order valence-corrected chi connectivity index (χ3v) is 4.34. The van der Waals surface area contributed by atoms with Crippen LogP contribution in [0, 0.1) is 21.7 Å². The van der Waals surface area contributed by atoms with Crippen LogP contribution in [0.4, 0.5) is 31.8 Å². The van der Waals surface area contributed by atoms with Gasteiger partial charge >= 0.3 is 5.69 Å². The Labute approximate surface area is 176 Å². The average molecular weight is 431 g/mol. The fourth-order valence-electron chi connectivity index (χ4n) is 2.84. The van der Waals surface area contributed by atoms with Crippen LogP contribution in [-0.2, 0) is 6.42 Å². The van der Waals surface area contributed by atoms with Gasteiger partial charge < -0.3 is 20.1 Å². The van der Waals surface area contributed by atoms with E-state index in [9.17, 15) is 18.9 Å². The van der Waals surface area contributed by atoms with Crippen molar-refractivity contribution in [2.24, 2.45) is 0 Å². The summed E-state index contributed by atoms with van der Waals surface area (Å²) in [5, 5.41) is 17.2. The Morgan fingerprint density at radius 3 is 2.42 bits per heavy atom. The van der Waals surface area contributed by atoms with Gasteiger partial charge in [-0.3, -0.25) is 10.1 Å². The smallest absolute Gasteiger partial charge is 0.353 e. The monoisotopic (exact) mass is 431 g/mol. The molecule has 0 aliphatic rings. The highest BCUT2D eigenvalue weighted by molar-refractivity contribution is 5.73. The van der Waals surface area contributed by atoms with Crippen LogP contribution in [0.2, 0.25) is 0 Å². The molecule has 0 aliphatic heterocycles. The molecule has 1 aromatic heterocycles. The predicted molar refractivity (Wildman–Crippen MR) is 110 cm³/mol. The lowest BCUT2D eigenvalue weighted by molar-refractivity contribution is -0.383. The SMILES string of the molecule is COc1ccc(CCNc2ncnc(Nc3ccc(F)c(F)c3)c2[N+](=O)[O-])cc1OC. The van der Waals surface area contributed by atoms with Crippen molar-refractivity contribution in [3.05, 3.63) is 70.0 Å². The number of ether oxygens (including phenoxy) is 2. The minimum atomic E-state index is -1.09. The molecule has 162 valence electrons. The molecule has 1 heterocycles. The van der Waals surface area contributed by atoms with Gasteiger partial charge in [0.15, 0.2) is 23.1 Å². The normalized spacial score (nSPS) is 10.5. The van der Waals surface area contributed by atoms with Crippen molar-refractivity contribution in [2.75, 3.05) is 31.4 Å². The van der Waals surface area contributed by atoms with Gasteiger partial charge in [0.25, 0.3) is 0 Å². The summed E-state index contributed by atoms with van der Waals surface area (Å²) in [7, 11) is 3.07. The summed E-state index contributed by atoms with van der Waals surface area (Å²) < 4.78 is 37.0. The predicted octanol–water partition coefficient (Wildman–Crippen LogP) is 4.08. The maximum absolute atomic E-state index is 13.4. The van der Waals surface area contributed by atoms with Crippen LogP contribution < -0.4 is 20.1 Å². The Bertz CT molecular complexity index is 1100. The quantitative estimate of drug-likeness (QED) is 0.385. The fraction of sp³-hybridized carbons (Fsp3) is 0.200. The topological polar surface area (TPSA) is 111 Å². The van der Waals surface area contributed by atoms with E-state index in [2.05, 4.69) is 20.6 Å². The molecular weight excluding hydrogens is 412 g/mol. The number of methoxy groups -OCH3 is 2. The molecule has 31 heavy (non-hydrogen) atoms. The van der Waals surface area contributed by atoms with Crippen molar-refractivity contribution >= 4 is 23.0 Å². The van der Waals surface area contributed by atoms with E-state index < -0.39 is 22.2 Å². The number of anilines is 3. The largest absolute Gasteiger partial charge is 0.493 e. The zero-order chi connectivity index (χ0) is 22.4. The second-order valence-corrected chi connectivity index (χ2v) is 6.30. The third-order valence-electron chi connectivity index (χ3n) is 4.34. The number of halogens is 2. The van der Waals surface area contributed by atoms with Crippen LogP contribution in [0.3, 0.4) is 0 Å². The van der Waals surface area contributed by atoms with Crippen molar-refractivity contribution in [1.29, 1.82) is 0 Å². The Morgan fingerprint density at radius 1 is 1.00 bits per heavy atom. The number of rotatable bonds is 9. The second-order valence-electron chi connectivity index (χ2n) is 6.30. The molecule has 0 radical (unpaired) electrons. The van der Waals surface area contributed by atoms with Crippen LogP contribution >= 0.6 is 0 Å². The molecule has 0 saturated carbocycles. The van der Waals surface area contributed by atoms with Crippen molar-refractivity contribution in [3.8, 4) is 11.5 Å². The molecule has 0 atom stereocenters. The Hall–Kier alpha value is -4.02. The second kappa shape index (κ2) is 9.65. The molecule has 0 unspecified atom stereocenters. The molecule has 3 aromatic rings. The molecule has 0 aliphatic carbocycles. The number of nitrogens with one attached hydrogen (secondary N) is 2. The van der Waals surface area contributed by atoms with E-state index in [0.29, 0.717) is 24.5 Å². The van der Waals surface area contributed by atoms with Gasteiger partial charge in [0, 0.05) is 18.3 Å². The van der Waals surface area contributed by atoms with Gasteiger partial charge in [0.05, 0.1) is 19.1 Å². The number of nitro groups is 1. The van der Waals surface area contributed by atoms with Crippen LogP contribution in [0.15, 0.2) is 42.7 Å². The molecule has 11 heteroatoms. The zero-order valence-corrected chi connectivity index (χ0v) is 16.7. The van der Waals surface area contributed by atoms with Gasteiger partial charge in [0.1, 0.15) is 6.33 Å². The highest BCUT2D eigenvalue weighted by Crippen LogP contribution is 2.32. The van der Waals surface area contributed by atoms with Crippen molar-refractivity contribution in [2.45, 2.75) is 6.42 Å². The van der Waals surface area contributed by atoms with E-state index in [1.807, 2.05) is 12.1 Å². The molecule has 0 spiro atoms. The first-order valence-corrected chi connectivity index (χ1v) is 9.09. The molecule has 9 nitrogen and oxygen atoms in total. The van der Waals surface area contributed by atoms with E-state index in [1.54, 1.807) is 13.2 Å². The van der Waals surface area contributed by atoms with E-state index in [1.165, 1.54) is 13.2 Å². The van der Waals surface area contributed by atoms with Crippen LogP contribution in [-0.4, -0.2) is 35.7 Å². The number of hydrogen-bond donors (Lipinski definition) is 2. The summed E-state index contributed by atoms with van der Waals surface area (Å²) in [6.07, 6.45) is 1.65. The van der Waals surface area contributed by atoms with E-state index >= 15 is 0 Å². The highest BCUT2D eigenvalue weighted by Gasteiger charge is 2.23. The molecule has 0 bridgehead atoms. The first-order valence-electron chi connectivity index (χ1n) is 9.09. The number of hydrogen-bond acceptors (Lipinski definition) is 8. The maximum Gasteiger partial charge on any atom is 0.353 e. The van der Waals surface area contributed by atoms with Gasteiger partial charge in [-0.25, -0.2) is 18.7 Å². The van der Waals surface area contributed by atoms with Crippen molar-refractivity contribution < 1.29 is 23.2 Å². The average Bonchev–Trinajstić information content (AvgIpc) is 2.76.